The molecule has 4 rings (SSSR count). The van der Waals surface area contributed by atoms with Gasteiger partial charge in [0.05, 0.1) is 5.39 Å². The number of fused-ring (bicyclic) bond motifs is 2. The SMILES string of the molecule is CCCn1c(=O)[nH]c(=O)c2c(-c3ccc4ccccc4c3)ccnc21. The summed E-state index contributed by atoms with van der Waals surface area (Å²) >= 11 is 0. The standard InChI is InChI=1S/C20H17N3O2/c1-2-11-23-18-17(19(24)22-20(23)25)16(9-10-21-18)15-8-7-13-5-3-4-6-14(13)12-15/h3-10,12H,2,11H2,1H3,(H,22,24,25). The number of benzene rings is 2. The number of H-pyrrole nitrogens is 1. The normalized spacial score (nSPS) is 11.2. The molecule has 0 fully saturated rings. The highest BCUT2D eigenvalue weighted by molar-refractivity contribution is 5.95. The Balaban J connectivity index is 2.06. The number of hydrogen-bond donors (Lipinski definition) is 1. The first-order valence-corrected chi connectivity index (χ1v) is 8.30. The van der Waals surface area contributed by atoms with E-state index in [9.17, 15) is 9.59 Å². The van der Waals surface area contributed by atoms with Gasteiger partial charge in [0, 0.05) is 12.7 Å². The minimum absolute atomic E-state index is 0.399. The average molecular weight is 331 g/mol. The van der Waals surface area contributed by atoms with Gasteiger partial charge in [0.15, 0.2) is 0 Å². The van der Waals surface area contributed by atoms with E-state index in [2.05, 4.69) is 22.1 Å². The van der Waals surface area contributed by atoms with Gasteiger partial charge in [-0.2, -0.15) is 0 Å². The van der Waals surface area contributed by atoms with Crippen molar-refractivity contribution in [2.75, 3.05) is 0 Å². The average Bonchev–Trinajstić information content (AvgIpc) is 2.64. The number of aromatic nitrogens is 3. The Morgan fingerprint density at radius 1 is 1.04 bits per heavy atom. The number of nitrogens with zero attached hydrogens (tertiary/aromatic N) is 2. The highest BCUT2D eigenvalue weighted by Gasteiger charge is 2.13. The quantitative estimate of drug-likeness (QED) is 0.626. The molecule has 1 N–H and O–H groups in total. The van der Waals surface area contributed by atoms with Crippen LogP contribution in [0, 0.1) is 0 Å². The van der Waals surface area contributed by atoms with Crippen LogP contribution in [0.4, 0.5) is 0 Å². The Hall–Kier alpha value is -3.21. The molecule has 4 aromatic rings. The van der Waals surface area contributed by atoms with Crippen molar-refractivity contribution in [1.82, 2.24) is 14.5 Å². The third-order valence-corrected chi connectivity index (χ3v) is 4.39. The van der Waals surface area contributed by atoms with E-state index in [1.54, 1.807) is 6.20 Å². The van der Waals surface area contributed by atoms with Gasteiger partial charge in [0.25, 0.3) is 5.56 Å². The number of pyridine rings is 1. The Labute approximate surface area is 143 Å². The molecule has 0 radical (unpaired) electrons. The van der Waals surface area contributed by atoms with E-state index in [-0.39, 0.29) is 0 Å². The number of hydrogen-bond acceptors (Lipinski definition) is 3. The van der Waals surface area contributed by atoms with Gasteiger partial charge in [-0.15, -0.1) is 0 Å². The van der Waals surface area contributed by atoms with Crippen LogP contribution in [0.1, 0.15) is 13.3 Å². The molecule has 0 spiro atoms. The van der Waals surface area contributed by atoms with E-state index in [1.807, 2.05) is 43.3 Å². The van der Waals surface area contributed by atoms with E-state index in [1.165, 1.54) is 4.57 Å². The van der Waals surface area contributed by atoms with Crippen LogP contribution >= 0.6 is 0 Å². The zero-order valence-electron chi connectivity index (χ0n) is 13.8. The van der Waals surface area contributed by atoms with Gasteiger partial charge in [0.2, 0.25) is 0 Å². The molecule has 5 heteroatoms. The summed E-state index contributed by atoms with van der Waals surface area (Å²) in [5.74, 6) is 0. The molecule has 0 amide bonds. The van der Waals surface area contributed by atoms with Gasteiger partial charge >= 0.3 is 5.69 Å². The number of nitrogens with one attached hydrogen (secondary N) is 1. The maximum Gasteiger partial charge on any atom is 0.329 e. The largest absolute Gasteiger partial charge is 0.329 e. The summed E-state index contributed by atoms with van der Waals surface area (Å²) in [6.45, 7) is 2.50. The fraction of sp³-hybridized carbons (Fsp3) is 0.150. The van der Waals surface area contributed by atoms with Crippen LogP contribution in [-0.4, -0.2) is 14.5 Å². The van der Waals surface area contributed by atoms with Gasteiger partial charge in [-0.1, -0.05) is 43.3 Å². The Morgan fingerprint density at radius 3 is 2.64 bits per heavy atom. The minimum Gasteiger partial charge on any atom is -0.278 e. The molecule has 0 unspecified atom stereocenters. The van der Waals surface area contributed by atoms with Gasteiger partial charge in [-0.3, -0.25) is 14.3 Å². The van der Waals surface area contributed by atoms with E-state index < -0.39 is 11.2 Å². The summed E-state index contributed by atoms with van der Waals surface area (Å²) in [5.41, 5.74) is 1.33. The molecule has 124 valence electrons. The van der Waals surface area contributed by atoms with Gasteiger partial charge in [-0.25, -0.2) is 9.78 Å². The highest BCUT2D eigenvalue weighted by Crippen LogP contribution is 2.27. The number of aromatic amines is 1. The van der Waals surface area contributed by atoms with Crippen LogP contribution in [0.3, 0.4) is 0 Å². The Bertz CT molecular complexity index is 1200. The summed E-state index contributed by atoms with van der Waals surface area (Å²) in [5, 5.41) is 2.69. The lowest BCUT2D eigenvalue weighted by Gasteiger charge is -2.11. The van der Waals surface area contributed by atoms with Crippen molar-refractivity contribution in [1.29, 1.82) is 0 Å². The Kier molecular flexibility index (Phi) is 3.69. The molecule has 2 heterocycles. The first-order valence-electron chi connectivity index (χ1n) is 8.30. The topological polar surface area (TPSA) is 67.8 Å². The van der Waals surface area contributed by atoms with Crippen molar-refractivity contribution in [2.24, 2.45) is 0 Å². The summed E-state index contributed by atoms with van der Waals surface area (Å²) in [6.07, 6.45) is 2.43. The van der Waals surface area contributed by atoms with Crippen molar-refractivity contribution in [2.45, 2.75) is 19.9 Å². The van der Waals surface area contributed by atoms with E-state index in [4.69, 9.17) is 0 Å². The lowest BCUT2D eigenvalue weighted by molar-refractivity contribution is 0.651. The summed E-state index contributed by atoms with van der Waals surface area (Å²) in [4.78, 5) is 31.4. The van der Waals surface area contributed by atoms with Crippen LogP contribution in [0.2, 0.25) is 0 Å². The smallest absolute Gasteiger partial charge is 0.278 e. The monoisotopic (exact) mass is 331 g/mol. The van der Waals surface area contributed by atoms with Crippen LogP contribution in [-0.2, 0) is 6.54 Å². The molecule has 2 aromatic heterocycles. The molecule has 0 bridgehead atoms. The lowest BCUT2D eigenvalue weighted by atomic mass is 10.00. The van der Waals surface area contributed by atoms with E-state index >= 15 is 0 Å². The molecule has 0 aliphatic rings. The predicted octanol–water partition coefficient (Wildman–Crippen LogP) is 3.32. The molecule has 5 nitrogen and oxygen atoms in total. The lowest BCUT2D eigenvalue weighted by Crippen LogP contribution is -2.31. The molecule has 2 aromatic carbocycles. The molecular weight excluding hydrogens is 314 g/mol. The molecular formula is C20H17N3O2. The minimum atomic E-state index is -0.414. The zero-order chi connectivity index (χ0) is 17.4. The summed E-state index contributed by atoms with van der Waals surface area (Å²) in [7, 11) is 0. The summed E-state index contributed by atoms with van der Waals surface area (Å²) in [6, 6.07) is 16.0. The predicted molar refractivity (Wildman–Crippen MR) is 99.9 cm³/mol. The van der Waals surface area contributed by atoms with Gasteiger partial charge in [-0.05, 0) is 40.5 Å². The maximum atomic E-state index is 12.5. The molecule has 0 saturated heterocycles. The fourth-order valence-corrected chi connectivity index (χ4v) is 3.23. The third-order valence-electron chi connectivity index (χ3n) is 4.39. The zero-order valence-corrected chi connectivity index (χ0v) is 13.8. The van der Waals surface area contributed by atoms with E-state index in [0.717, 1.165) is 28.3 Å². The molecule has 25 heavy (non-hydrogen) atoms. The van der Waals surface area contributed by atoms with Crippen molar-refractivity contribution in [3.63, 3.8) is 0 Å². The van der Waals surface area contributed by atoms with Crippen LogP contribution < -0.4 is 11.2 Å². The third kappa shape index (κ3) is 2.54. The van der Waals surface area contributed by atoms with Crippen LogP contribution in [0.5, 0.6) is 0 Å². The first kappa shape index (κ1) is 15.3. The molecule has 0 saturated carbocycles. The van der Waals surface area contributed by atoms with Crippen LogP contribution in [0.15, 0.2) is 64.3 Å². The second-order valence-electron chi connectivity index (χ2n) is 6.03. The maximum absolute atomic E-state index is 12.5. The molecule has 0 atom stereocenters. The van der Waals surface area contributed by atoms with Crippen molar-refractivity contribution < 1.29 is 0 Å². The second kappa shape index (κ2) is 6.02. The first-order chi connectivity index (χ1) is 12.2. The number of aryl methyl sites for hydroxylation is 1. The highest BCUT2D eigenvalue weighted by atomic mass is 16.2. The number of rotatable bonds is 3. The molecule has 0 aliphatic heterocycles. The molecule has 0 aliphatic carbocycles. The fourth-order valence-electron chi connectivity index (χ4n) is 3.23. The van der Waals surface area contributed by atoms with Gasteiger partial charge < -0.3 is 0 Å². The van der Waals surface area contributed by atoms with E-state index in [0.29, 0.717) is 17.6 Å². The second-order valence-corrected chi connectivity index (χ2v) is 6.03. The van der Waals surface area contributed by atoms with Crippen LogP contribution in [0.25, 0.3) is 32.9 Å². The Morgan fingerprint density at radius 2 is 1.84 bits per heavy atom. The van der Waals surface area contributed by atoms with Crippen molar-refractivity contribution >= 4 is 21.8 Å². The van der Waals surface area contributed by atoms with Crippen molar-refractivity contribution in [3.05, 3.63) is 75.6 Å². The van der Waals surface area contributed by atoms with Crippen molar-refractivity contribution in [3.8, 4) is 11.1 Å². The van der Waals surface area contributed by atoms with Gasteiger partial charge in [0.1, 0.15) is 5.65 Å². The summed E-state index contributed by atoms with van der Waals surface area (Å²) < 4.78 is 1.53.